The molecule has 1 saturated carbocycles. The van der Waals surface area contributed by atoms with Gasteiger partial charge < -0.3 is 25.2 Å². The number of aliphatic hydroxyl groups is 1. The smallest absolute Gasteiger partial charge is 0.238 e. The molecular weight excluding hydrogens is 598 g/mol. The van der Waals surface area contributed by atoms with Gasteiger partial charge in [-0.15, -0.1) is 0 Å². The number of aliphatic hydroxyl groups excluding tert-OH is 1. The van der Waals surface area contributed by atoms with E-state index in [2.05, 4.69) is 34.8 Å². The van der Waals surface area contributed by atoms with Gasteiger partial charge in [-0.3, -0.25) is 14.9 Å². The third kappa shape index (κ3) is 4.85. The summed E-state index contributed by atoms with van der Waals surface area (Å²) >= 11 is 12.6. The Balaban J connectivity index is 1.49. The molecule has 6 atom stereocenters. The van der Waals surface area contributed by atoms with Gasteiger partial charge in [-0.2, -0.15) is 0 Å². The van der Waals surface area contributed by atoms with Crippen molar-refractivity contribution in [2.45, 2.75) is 87.1 Å². The Kier molecular flexibility index (Phi) is 8.01. The Bertz CT molecular complexity index is 1430. The average molecular weight is 636 g/mol. The number of fused-ring (bicyclic) bond motifs is 3. The highest BCUT2D eigenvalue weighted by Crippen LogP contribution is 2.64. The number of amides is 2. The number of hydrogen-bond acceptors (Lipinski definition) is 7. The van der Waals surface area contributed by atoms with Gasteiger partial charge in [0.15, 0.2) is 11.0 Å². The summed E-state index contributed by atoms with van der Waals surface area (Å²) in [6.45, 7) is 4.37. The quantitative estimate of drug-likeness (QED) is 0.366. The summed E-state index contributed by atoms with van der Waals surface area (Å²) < 4.78 is 27.3. The standard InChI is InChI=1S/C31H37Cl2FN4O5/c1-29(2)7-9-30(10-8-29)31(19-5-4-16(32)12-20(19)37-28(31)41)23(18-6-11-35-26(33)24(18)34)25(38-30)27(40)36-17-13-21(42-3)22(14-39)43-15-17/h4-6,11-12,17,21-23,25,38-39H,7-10,13-15H2,1-3H3,(H,36,40)(H,37,41)/t17-,21+,22-,23+,25-,31-/m1/s1. The molecule has 4 heterocycles. The second kappa shape index (κ2) is 11.2. The molecule has 232 valence electrons. The molecule has 0 bridgehead atoms. The minimum Gasteiger partial charge on any atom is -0.394 e. The van der Waals surface area contributed by atoms with Gasteiger partial charge in [0.25, 0.3) is 0 Å². The second-order valence-corrected chi connectivity index (χ2v) is 13.9. The first-order valence-corrected chi connectivity index (χ1v) is 15.5. The summed E-state index contributed by atoms with van der Waals surface area (Å²) in [6.07, 6.45) is 3.70. The molecule has 1 aromatic heterocycles. The van der Waals surface area contributed by atoms with E-state index >= 15 is 4.39 Å². The van der Waals surface area contributed by atoms with Crippen LogP contribution in [0.3, 0.4) is 0 Å². The fourth-order valence-electron chi connectivity index (χ4n) is 7.98. The number of ether oxygens (including phenoxy) is 2. The van der Waals surface area contributed by atoms with Crippen LogP contribution in [0.15, 0.2) is 30.5 Å². The summed E-state index contributed by atoms with van der Waals surface area (Å²) in [7, 11) is 1.53. The molecule has 2 aromatic rings. The first kappa shape index (κ1) is 30.7. The topological polar surface area (TPSA) is 122 Å². The monoisotopic (exact) mass is 634 g/mol. The Morgan fingerprint density at radius 1 is 1.23 bits per heavy atom. The number of anilines is 1. The molecule has 43 heavy (non-hydrogen) atoms. The van der Waals surface area contributed by atoms with Crippen molar-refractivity contribution in [2.24, 2.45) is 5.41 Å². The van der Waals surface area contributed by atoms with Crippen molar-refractivity contribution in [1.82, 2.24) is 15.6 Å². The van der Waals surface area contributed by atoms with E-state index in [-0.39, 0.29) is 41.2 Å². The molecule has 1 aliphatic carbocycles. The number of aromatic nitrogens is 1. The molecule has 2 saturated heterocycles. The number of nitrogens with zero attached hydrogens (tertiary/aromatic N) is 1. The second-order valence-electron chi connectivity index (χ2n) is 13.1. The average Bonchev–Trinajstić information content (AvgIpc) is 3.44. The summed E-state index contributed by atoms with van der Waals surface area (Å²) in [4.78, 5) is 32.8. The fourth-order valence-corrected chi connectivity index (χ4v) is 8.32. The van der Waals surface area contributed by atoms with Crippen LogP contribution in [0.5, 0.6) is 0 Å². The molecule has 0 radical (unpaired) electrons. The van der Waals surface area contributed by atoms with Gasteiger partial charge in [0.1, 0.15) is 11.5 Å². The zero-order valence-electron chi connectivity index (χ0n) is 24.4. The molecule has 6 rings (SSSR count). The van der Waals surface area contributed by atoms with Crippen molar-refractivity contribution in [2.75, 3.05) is 25.6 Å². The fraction of sp³-hybridized carbons (Fsp3) is 0.581. The van der Waals surface area contributed by atoms with Crippen LogP contribution in [0.2, 0.25) is 10.2 Å². The first-order chi connectivity index (χ1) is 20.5. The van der Waals surface area contributed by atoms with Gasteiger partial charge in [-0.05, 0) is 66.8 Å². The summed E-state index contributed by atoms with van der Waals surface area (Å²) in [6, 6.07) is 5.34. The number of carbonyl (C=O) groups is 2. The first-order valence-electron chi connectivity index (χ1n) is 14.7. The van der Waals surface area contributed by atoms with Gasteiger partial charge in [-0.1, -0.05) is 43.1 Å². The number of rotatable bonds is 5. The molecule has 9 nitrogen and oxygen atoms in total. The molecule has 1 aromatic carbocycles. The largest absolute Gasteiger partial charge is 0.394 e. The molecule has 3 fully saturated rings. The van der Waals surface area contributed by atoms with Crippen LogP contribution in [0.25, 0.3) is 0 Å². The SMILES string of the molecule is CO[C@H]1C[C@@H](NC(=O)[C@@H]2NC3(CCC(C)(C)CC3)[C@@]3(C(=O)Nc4cc(Cl)ccc43)[C@H]2c2ccnc(Cl)c2F)CO[C@@H]1CO. The van der Waals surface area contributed by atoms with Gasteiger partial charge in [0.2, 0.25) is 11.8 Å². The normalized spacial score (nSPS) is 32.5. The zero-order chi connectivity index (χ0) is 30.7. The highest BCUT2D eigenvalue weighted by molar-refractivity contribution is 6.31. The zero-order valence-corrected chi connectivity index (χ0v) is 25.9. The number of pyridine rings is 1. The van der Waals surface area contributed by atoms with Crippen molar-refractivity contribution in [1.29, 1.82) is 0 Å². The van der Waals surface area contributed by atoms with E-state index in [0.29, 0.717) is 35.5 Å². The third-order valence-corrected chi connectivity index (χ3v) is 10.7. The molecule has 0 unspecified atom stereocenters. The number of nitrogens with one attached hydrogen (secondary N) is 3. The molecule has 2 spiro atoms. The predicted octanol–water partition coefficient (Wildman–Crippen LogP) is 4.09. The maximum absolute atomic E-state index is 16.0. The van der Waals surface area contributed by atoms with Crippen LogP contribution in [-0.2, 0) is 24.5 Å². The Hall–Kier alpha value is -2.34. The van der Waals surface area contributed by atoms with Crippen molar-refractivity contribution >= 4 is 40.7 Å². The van der Waals surface area contributed by atoms with E-state index in [4.69, 9.17) is 32.7 Å². The molecule has 2 amide bonds. The van der Waals surface area contributed by atoms with E-state index in [1.807, 2.05) is 6.07 Å². The number of hydrogen-bond donors (Lipinski definition) is 4. The van der Waals surface area contributed by atoms with Crippen molar-refractivity contribution < 1.29 is 28.6 Å². The number of carbonyl (C=O) groups excluding carboxylic acids is 2. The van der Waals surface area contributed by atoms with Crippen LogP contribution in [0, 0.1) is 11.2 Å². The lowest BCUT2D eigenvalue weighted by Gasteiger charge is -2.50. The maximum Gasteiger partial charge on any atom is 0.238 e. The number of methoxy groups -OCH3 is 1. The van der Waals surface area contributed by atoms with Gasteiger partial charge in [0.05, 0.1) is 31.4 Å². The van der Waals surface area contributed by atoms with Crippen LogP contribution < -0.4 is 16.0 Å². The van der Waals surface area contributed by atoms with Crippen LogP contribution in [-0.4, -0.2) is 72.1 Å². The number of halogens is 3. The Labute approximate surface area is 260 Å². The van der Waals surface area contributed by atoms with Gasteiger partial charge >= 0.3 is 0 Å². The number of benzene rings is 1. The van der Waals surface area contributed by atoms with E-state index in [1.165, 1.54) is 19.4 Å². The Morgan fingerprint density at radius 3 is 2.67 bits per heavy atom. The van der Waals surface area contributed by atoms with Crippen LogP contribution >= 0.6 is 23.2 Å². The van der Waals surface area contributed by atoms with E-state index < -0.39 is 47.0 Å². The molecule has 4 N–H and O–H groups in total. The Morgan fingerprint density at radius 2 is 1.98 bits per heavy atom. The summed E-state index contributed by atoms with van der Waals surface area (Å²) in [5.74, 6) is -2.43. The predicted molar refractivity (Wildman–Crippen MR) is 160 cm³/mol. The minimum atomic E-state index is -1.35. The van der Waals surface area contributed by atoms with Crippen molar-refractivity contribution in [3.63, 3.8) is 0 Å². The molecular formula is C31H37Cl2FN4O5. The van der Waals surface area contributed by atoms with Crippen LogP contribution in [0.1, 0.15) is 63.0 Å². The summed E-state index contributed by atoms with van der Waals surface area (Å²) in [5, 5.41) is 19.6. The van der Waals surface area contributed by atoms with E-state index in [1.54, 1.807) is 12.1 Å². The lowest BCUT2D eigenvalue weighted by molar-refractivity contribution is -0.134. The van der Waals surface area contributed by atoms with Gasteiger partial charge in [0, 0.05) is 35.5 Å². The molecule has 4 aliphatic rings. The summed E-state index contributed by atoms with van der Waals surface area (Å²) in [5.41, 5.74) is -0.827. The van der Waals surface area contributed by atoms with Gasteiger partial charge in [-0.25, -0.2) is 9.37 Å². The highest BCUT2D eigenvalue weighted by Gasteiger charge is 2.73. The maximum atomic E-state index is 16.0. The van der Waals surface area contributed by atoms with Crippen molar-refractivity contribution in [3.8, 4) is 0 Å². The van der Waals surface area contributed by atoms with E-state index in [0.717, 1.165) is 12.8 Å². The molecule has 12 heteroatoms. The van der Waals surface area contributed by atoms with Crippen molar-refractivity contribution in [3.05, 3.63) is 57.6 Å². The molecule has 3 aliphatic heterocycles. The lowest BCUT2D eigenvalue weighted by atomic mass is 9.53. The highest BCUT2D eigenvalue weighted by atomic mass is 35.5. The van der Waals surface area contributed by atoms with Crippen LogP contribution in [0.4, 0.5) is 10.1 Å². The van der Waals surface area contributed by atoms with E-state index in [9.17, 15) is 14.7 Å². The lowest BCUT2D eigenvalue weighted by Crippen LogP contribution is -2.61. The third-order valence-electron chi connectivity index (χ3n) is 10.2. The minimum absolute atomic E-state index is 0.0327.